The largest absolute Gasteiger partial charge is 0.375 e. The van der Waals surface area contributed by atoms with Crippen LogP contribution in [0.15, 0.2) is 30.3 Å². The maximum Gasteiger partial charge on any atom is 0.0654 e. The number of hydrogen-bond donors (Lipinski definition) is 1. The van der Waals surface area contributed by atoms with Crippen LogP contribution in [0.4, 0.5) is 0 Å². The van der Waals surface area contributed by atoms with E-state index in [9.17, 15) is 0 Å². The number of rotatable bonds is 5. The van der Waals surface area contributed by atoms with Gasteiger partial charge in [-0.05, 0) is 56.6 Å². The zero-order valence-electron chi connectivity index (χ0n) is 12.3. The monoisotopic (exact) mass is 261 g/mol. The number of benzene rings is 1. The summed E-state index contributed by atoms with van der Waals surface area (Å²) < 4.78 is 5.98. The van der Waals surface area contributed by atoms with Crippen molar-refractivity contribution >= 4 is 0 Å². The van der Waals surface area contributed by atoms with Gasteiger partial charge in [0.15, 0.2) is 0 Å². The molecule has 3 unspecified atom stereocenters. The highest BCUT2D eigenvalue weighted by Gasteiger charge is 2.35. The van der Waals surface area contributed by atoms with Gasteiger partial charge in [-0.1, -0.05) is 37.3 Å². The molecule has 1 saturated heterocycles. The summed E-state index contributed by atoms with van der Waals surface area (Å²) in [6.45, 7) is 6.13. The molecule has 2 rings (SSSR count). The van der Waals surface area contributed by atoms with Gasteiger partial charge in [0, 0.05) is 6.61 Å². The molecule has 0 aliphatic carbocycles. The van der Waals surface area contributed by atoms with Crippen molar-refractivity contribution in [1.82, 2.24) is 0 Å². The van der Waals surface area contributed by atoms with E-state index < -0.39 is 0 Å². The van der Waals surface area contributed by atoms with Crippen molar-refractivity contribution < 1.29 is 4.74 Å². The molecule has 0 aromatic heterocycles. The van der Waals surface area contributed by atoms with Crippen LogP contribution in [0.1, 0.15) is 51.0 Å². The summed E-state index contributed by atoms with van der Waals surface area (Å²) in [7, 11) is 0. The van der Waals surface area contributed by atoms with Crippen LogP contribution in [0.5, 0.6) is 0 Å². The van der Waals surface area contributed by atoms with Gasteiger partial charge >= 0.3 is 0 Å². The third-order valence-electron chi connectivity index (χ3n) is 4.66. The van der Waals surface area contributed by atoms with Crippen LogP contribution in [-0.2, 0) is 4.74 Å². The number of hydrogen-bond acceptors (Lipinski definition) is 2. The van der Waals surface area contributed by atoms with Crippen LogP contribution in [0.3, 0.4) is 0 Å². The molecule has 2 N–H and O–H groups in total. The third kappa shape index (κ3) is 3.58. The molecule has 1 fully saturated rings. The van der Waals surface area contributed by atoms with Crippen molar-refractivity contribution in [2.24, 2.45) is 11.7 Å². The van der Waals surface area contributed by atoms with Crippen LogP contribution in [0.2, 0.25) is 0 Å². The minimum absolute atomic E-state index is 0.0601. The van der Waals surface area contributed by atoms with Gasteiger partial charge in [0.25, 0.3) is 0 Å². The van der Waals surface area contributed by atoms with Gasteiger partial charge in [0.05, 0.1) is 5.60 Å². The average molecular weight is 261 g/mol. The first-order valence-corrected chi connectivity index (χ1v) is 7.57. The number of ether oxygens (including phenoxy) is 1. The van der Waals surface area contributed by atoms with Gasteiger partial charge in [-0.25, -0.2) is 0 Å². The fraction of sp³-hybridized carbons (Fsp3) is 0.647. The normalized spacial score (nSPS) is 29.1. The second-order valence-corrected chi connectivity index (χ2v) is 6.00. The lowest BCUT2D eigenvalue weighted by molar-refractivity contribution is -0.0914. The Kier molecular flexibility index (Phi) is 5.00. The van der Waals surface area contributed by atoms with E-state index in [1.165, 1.54) is 5.56 Å². The molecular weight excluding hydrogens is 234 g/mol. The van der Waals surface area contributed by atoms with Gasteiger partial charge in [-0.2, -0.15) is 0 Å². The predicted molar refractivity (Wildman–Crippen MR) is 80.2 cm³/mol. The van der Waals surface area contributed by atoms with E-state index in [1.54, 1.807) is 0 Å². The molecule has 0 bridgehead atoms. The summed E-state index contributed by atoms with van der Waals surface area (Å²) in [6.07, 6.45) is 4.49. The Balaban J connectivity index is 2.15. The Bertz CT molecular complexity index is 378. The molecular formula is C17H27NO. The molecule has 1 aliphatic heterocycles. The van der Waals surface area contributed by atoms with Crippen molar-refractivity contribution in [1.29, 1.82) is 0 Å². The molecule has 19 heavy (non-hydrogen) atoms. The third-order valence-corrected chi connectivity index (χ3v) is 4.66. The summed E-state index contributed by atoms with van der Waals surface area (Å²) in [5, 5.41) is 0. The summed E-state index contributed by atoms with van der Waals surface area (Å²) in [4.78, 5) is 0. The molecule has 1 heterocycles. The van der Waals surface area contributed by atoms with Gasteiger partial charge in [0.1, 0.15) is 0 Å². The molecule has 3 atom stereocenters. The van der Waals surface area contributed by atoms with Gasteiger partial charge in [-0.3, -0.25) is 0 Å². The molecule has 0 amide bonds. The smallest absolute Gasteiger partial charge is 0.0654 e. The fourth-order valence-corrected chi connectivity index (χ4v) is 3.32. The van der Waals surface area contributed by atoms with Crippen molar-refractivity contribution in [2.75, 3.05) is 13.2 Å². The lowest BCUT2D eigenvalue weighted by atomic mass is 9.74. The molecule has 1 aromatic rings. The van der Waals surface area contributed by atoms with Crippen LogP contribution >= 0.6 is 0 Å². The molecule has 106 valence electrons. The Labute approximate surface area is 117 Å². The second-order valence-electron chi connectivity index (χ2n) is 6.00. The average Bonchev–Trinajstić information content (AvgIpc) is 2.46. The molecule has 1 aromatic carbocycles. The maximum absolute atomic E-state index is 5.98. The van der Waals surface area contributed by atoms with E-state index in [4.69, 9.17) is 10.5 Å². The fourth-order valence-electron chi connectivity index (χ4n) is 3.32. The summed E-state index contributed by atoms with van der Waals surface area (Å²) in [5.41, 5.74) is 7.35. The quantitative estimate of drug-likeness (QED) is 0.877. The van der Waals surface area contributed by atoms with Crippen LogP contribution in [0.25, 0.3) is 0 Å². The highest BCUT2D eigenvalue weighted by molar-refractivity contribution is 5.20. The lowest BCUT2D eigenvalue weighted by Crippen LogP contribution is -2.38. The van der Waals surface area contributed by atoms with Gasteiger partial charge < -0.3 is 10.5 Å². The Morgan fingerprint density at radius 2 is 2.11 bits per heavy atom. The molecule has 0 saturated carbocycles. The lowest BCUT2D eigenvalue weighted by Gasteiger charge is -2.41. The predicted octanol–water partition coefficient (Wildman–Crippen LogP) is 3.71. The Morgan fingerprint density at radius 1 is 1.37 bits per heavy atom. The molecule has 0 radical (unpaired) electrons. The Hall–Kier alpha value is -0.860. The maximum atomic E-state index is 5.98. The molecule has 2 heteroatoms. The van der Waals surface area contributed by atoms with Crippen molar-refractivity contribution in [3.63, 3.8) is 0 Å². The van der Waals surface area contributed by atoms with Crippen molar-refractivity contribution in [3.05, 3.63) is 35.9 Å². The van der Waals surface area contributed by atoms with Gasteiger partial charge in [0.2, 0.25) is 0 Å². The van der Waals surface area contributed by atoms with E-state index in [-0.39, 0.29) is 5.60 Å². The first kappa shape index (κ1) is 14.5. The summed E-state index contributed by atoms with van der Waals surface area (Å²) in [6, 6.07) is 10.9. The SMILES string of the molecule is CCC1(C)CC(C(CCN)c2ccccc2)CCO1. The summed E-state index contributed by atoms with van der Waals surface area (Å²) >= 11 is 0. The number of nitrogens with two attached hydrogens (primary N) is 1. The first-order chi connectivity index (χ1) is 9.18. The van der Waals surface area contributed by atoms with E-state index >= 15 is 0 Å². The van der Waals surface area contributed by atoms with Crippen LogP contribution < -0.4 is 5.73 Å². The molecule has 2 nitrogen and oxygen atoms in total. The zero-order chi connectivity index (χ0) is 13.7. The van der Waals surface area contributed by atoms with Crippen molar-refractivity contribution in [2.45, 2.75) is 51.0 Å². The van der Waals surface area contributed by atoms with E-state index in [0.717, 1.165) is 38.8 Å². The zero-order valence-corrected chi connectivity index (χ0v) is 12.3. The Morgan fingerprint density at radius 3 is 2.74 bits per heavy atom. The van der Waals surface area contributed by atoms with Crippen molar-refractivity contribution in [3.8, 4) is 0 Å². The van der Waals surface area contributed by atoms with E-state index in [2.05, 4.69) is 44.2 Å². The van der Waals surface area contributed by atoms with E-state index in [0.29, 0.717) is 11.8 Å². The first-order valence-electron chi connectivity index (χ1n) is 7.57. The minimum Gasteiger partial charge on any atom is -0.375 e. The highest BCUT2D eigenvalue weighted by atomic mass is 16.5. The highest BCUT2D eigenvalue weighted by Crippen LogP contribution is 2.40. The van der Waals surface area contributed by atoms with Gasteiger partial charge in [-0.15, -0.1) is 0 Å². The van der Waals surface area contributed by atoms with Crippen LogP contribution in [0, 0.1) is 5.92 Å². The standard InChI is InChI=1S/C17H27NO/c1-3-17(2)13-15(10-12-19-17)16(9-11-18)14-7-5-4-6-8-14/h4-8,15-16H,3,9-13,18H2,1-2H3. The second kappa shape index (κ2) is 6.53. The molecule has 0 spiro atoms. The van der Waals surface area contributed by atoms with Crippen LogP contribution in [-0.4, -0.2) is 18.8 Å². The topological polar surface area (TPSA) is 35.2 Å². The summed E-state index contributed by atoms with van der Waals surface area (Å²) in [5.74, 6) is 1.28. The molecule has 1 aliphatic rings. The minimum atomic E-state index is 0.0601. The van der Waals surface area contributed by atoms with E-state index in [1.807, 2.05) is 0 Å².